The van der Waals surface area contributed by atoms with Crippen molar-refractivity contribution in [1.29, 1.82) is 10.5 Å². The summed E-state index contributed by atoms with van der Waals surface area (Å²) >= 11 is 0. The first-order chi connectivity index (χ1) is 5.12. The van der Waals surface area contributed by atoms with Gasteiger partial charge in [0.2, 0.25) is 0 Å². The second kappa shape index (κ2) is 6.79. The van der Waals surface area contributed by atoms with E-state index in [1.54, 1.807) is 0 Å². The van der Waals surface area contributed by atoms with Gasteiger partial charge in [-0.2, -0.15) is 10.5 Å². The Morgan fingerprint density at radius 3 is 0.923 bits per heavy atom. The van der Waals surface area contributed by atoms with Crippen LogP contribution in [0, 0.1) is 21.3 Å². The molecule has 0 fully saturated rings. The number of hydrogen-bond acceptors (Lipinski definition) is 8. The molecule has 0 unspecified atom stereocenters. The van der Waals surface area contributed by atoms with Crippen LogP contribution in [0.4, 0.5) is 0 Å². The van der Waals surface area contributed by atoms with Crippen LogP contribution in [0.5, 0.6) is 0 Å². The molecule has 0 saturated carbocycles. The SMILES string of the molecule is N#CS(=O)(=O)[O-].N#CS(=O)(=O)[O-].[Fe+2]. The zero-order chi connectivity index (χ0) is 10.4. The van der Waals surface area contributed by atoms with Gasteiger partial charge in [-0.05, 0) is 0 Å². The molecule has 0 spiro atoms. The molecule has 0 aliphatic carbocycles. The van der Waals surface area contributed by atoms with E-state index in [-0.39, 0.29) is 17.1 Å². The molecule has 8 nitrogen and oxygen atoms in total. The van der Waals surface area contributed by atoms with E-state index in [1.807, 2.05) is 0 Å². The van der Waals surface area contributed by atoms with Gasteiger partial charge in [-0.15, -0.1) is 0 Å². The predicted molar refractivity (Wildman–Crippen MR) is 30.6 cm³/mol. The molecular weight excluding hydrogens is 268 g/mol. The Balaban J connectivity index is -0.000000143. The Kier molecular flexibility index (Phi) is 9.50. The van der Waals surface area contributed by atoms with Crippen molar-refractivity contribution < 1.29 is 43.0 Å². The van der Waals surface area contributed by atoms with Crippen LogP contribution in [-0.4, -0.2) is 25.9 Å². The standard InChI is InChI=1S/2CHNO3S.Fe/c2*2-1-6(3,4)5;/h2*(H,3,4,5);/q;;+2/p-2. The minimum Gasteiger partial charge on any atom is -0.736 e. The summed E-state index contributed by atoms with van der Waals surface area (Å²) < 4.78 is 54.5. The average Bonchev–Trinajstić information content (AvgIpc) is 1.86. The maximum Gasteiger partial charge on any atom is 2.00 e. The maximum atomic E-state index is 9.08. The van der Waals surface area contributed by atoms with Crippen LogP contribution in [0.1, 0.15) is 0 Å². The third-order valence-electron chi connectivity index (χ3n) is 0.224. The number of thiocyanates is 2. The Labute approximate surface area is 84.7 Å². The summed E-state index contributed by atoms with van der Waals surface area (Å²) in [6, 6.07) is 0. The summed E-state index contributed by atoms with van der Waals surface area (Å²) in [4.78, 5) is 0. The topological polar surface area (TPSA) is 162 Å². The molecule has 0 aromatic heterocycles. The first-order valence-corrected chi connectivity index (χ1v) is 4.67. The molecule has 0 N–H and O–H groups in total. The van der Waals surface area contributed by atoms with Gasteiger partial charge in [-0.3, -0.25) is 0 Å². The Morgan fingerprint density at radius 1 is 0.846 bits per heavy atom. The van der Waals surface area contributed by atoms with E-state index >= 15 is 0 Å². The quantitative estimate of drug-likeness (QED) is 0.211. The van der Waals surface area contributed by atoms with Gasteiger partial charge in [0.25, 0.3) is 0 Å². The van der Waals surface area contributed by atoms with Crippen molar-refractivity contribution in [2.75, 3.05) is 0 Å². The van der Waals surface area contributed by atoms with Crippen molar-refractivity contribution in [1.82, 2.24) is 0 Å². The fourth-order valence-corrected chi connectivity index (χ4v) is 0. The summed E-state index contributed by atoms with van der Waals surface area (Å²) in [5, 5.41) is 15.5. The van der Waals surface area contributed by atoms with E-state index < -0.39 is 20.2 Å². The molecule has 0 saturated heterocycles. The van der Waals surface area contributed by atoms with E-state index in [2.05, 4.69) is 0 Å². The van der Waals surface area contributed by atoms with E-state index in [0.29, 0.717) is 10.8 Å². The van der Waals surface area contributed by atoms with Gasteiger partial charge in [-0.1, -0.05) is 0 Å². The minimum absolute atomic E-state index is 0. The molecule has 0 bridgehead atoms. The molecule has 0 radical (unpaired) electrons. The van der Waals surface area contributed by atoms with Gasteiger partial charge >= 0.3 is 17.1 Å². The molecule has 0 aliphatic heterocycles. The Hall–Kier alpha value is -0.681. The third kappa shape index (κ3) is 34.7. The normalized spacial score (nSPS) is 9.23. The fraction of sp³-hybridized carbons (Fsp3) is 0. The molecular formula is C2FeN2O6S2. The monoisotopic (exact) mass is 268 g/mol. The summed E-state index contributed by atoms with van der Waals surface area (Å²) in [5.41, 5.74) is 0. The van der Waals surface area contributed by atoms with Crippen molar-refractivity contribution in [2.45, 2.75) is 0 Å². The summed E-state index contributed by atoms with van der Waals surface area (Å²) in [6.07, 6.45) is 0. The van der Waals surface area contributed by atoms with Crippen LogP contribution < -0.4 is 0 Å². The molecule has 0 heterocycles. The molecule has 0 amide bonds. The van der Waals surface area contributed by atoms with Crippen molar-refractivity contribution in [2.24, 2.45) is 0 Å². The van der Waals surface area contributed by atoms with Crippen LogP contribution in [-0.2, 0) is 37.3 Å². The van der Waals surface area contributed by atoms with Crippen LogP contribution in [0.15, 0.2) is 0 Å². The molecule has 0 atom stereocenters. The summed E-state index contributed by atoms with van der Waals surface area (Å²) in [6.45, 7) is 0. The molecule has 74 valence electrons. The van der Waals surface area contributed by atoms with E-state index in [9.17, 15) is 0 Å². The molecule has 13 heavy (non-hydrogen) atoms. The molecule has 11 heteroatoms. The van der Waals surface area contributed by atoms with Crippen LogP contribution in [0.2, 0.25) is 0 Å². The van der Waals surface area contributed by atoms with Gasteiger partial charge in [0.1, 0.15) is 0 Å². The Bertz CT molecular complexity index is 367. The predicted octanol–water partition coefficient (Wildman–Crippen LogP) is -1.98. The largest absolute Gasteiger partial charge is 2.00 e. The van der Waals surface area contributed by atoms with Crippen molar-refractivity contribution in [3.8, 4) is 10.8 Å². The van der Waals surface area contributed by atoms with Crippen LogP contribution in [0.25, 0.3) is 0 Å². The van der Waals surface area contributed by atoms with Gasteiger partial charge in [0.15, 0.2) is 31.0 Å². The molecule has 0 aromatic rings. The van der Waals surface area contributed by atoms with Crippen molar-refractivity contribution in [3.05, 3.63) is 0 Å². The molecule has 0 rings (SSSR count). The number of rotatable bonds is 0. The van der Waals surface area contributed by atoms with Gasteiger partial charge < -0.3 is 9.11 Å². The van der Waals surface area contributed by atoms with Crippen LogP contribution >= 0.6 is 0 Å². The molecule has 0 aliphatic rings. The number of nitriles is 2. The number of nitrogens with zero attached hydrogens (tertiary/aromatic N) is 2. The minimum atomic E-state index is -4.61. The summed E-state index contributed by atoms with van der Waals surface area (Å²) in [7, 11) is -9.21. The molecule has 0 aromatic carbocycles. The summed E-state index contributed by atoms with van der Waals surface area (Å²) in [5.74, 6) is 0. The third-order valence-corrected chi connectivity index (χ3v) is 0.671. The Morgan fingerprint density at radius 2 is 0.923 bits per heavy atom. The first-order valence-electron chi connectivity index (χ1n) is 1.86. The smallest absolute Gasteiger partial charge is 0.736 e. The van der Waals surface area contributed by atoms with E-state index in [1.165, 1.54) is 0 Å². The van der Waals surface area contributed by atoms with Gasteiger partial charge in [0.05, 0.1) is 0 Å². The van der Waals surface area contributed by atoms with Gasteiger partial charge in [0, 0.05) is 0 Å². The average molecular weight is 268 g/mol. The zero-order valence-corrected chi connectivity index (χ0v) is 8.25. The van der Waals surface area contributed by atoms with Crippen molar-refractivity contribution >= 4 is 20.2 Å². The van der Waals surface area contributed by atoms with E-state index in [0.717, 1.165) is 0 Å². The van der Waals surface area contributed by atoms with Crippen molar-refractivity contribution in [3.63, 3.8) is 0 Å². The number of hydrogen-bond donors (Lipinski definition) is 0. The van der Waals surface area contributed by atoms with Crippen LogP contribution in [0.3, 0.4) is 0 Å². The zero-order valence-electron chi connectivity index (χ0n) is 5.51. The maximum absolute atomic E-state index is 9.08. The first kappa shape index (κ1) is 18.2. The second-order valence-corrected chi connectivity index (χ2v) is 3.27. The van der Waals surface area contributed by atoms with Gasteiger partial charge in [-0.25, -0.2) is 16.8 Å². The second-order valence-electron chi connectivity index (χ2n) is 1.09. The fourth-order valence-electron chi connectivity index (χ4n) is 0. The van der Waals surface area contributed by atoms with E-state index in [4.69, 9.17) is 36.5 Å².